The van der Waals surface area contributed by atoms with E-state index in [-0.39, 0.29) is 0 Å². The number of hydrogen-bond donors (Lipinski definition) is 2. The average Bonchev–Trinajstić information content (AvgIpc) is 2.86. The Morgan fingerprint density at radius 1 is 1.47 bits per heavy atom. The molecule has 1 aromatic carbocycles. The van der Waals surface area contributed by atoms with Crippen LogP contribution in [0, 0.1) is 0 Å². The van der Waals surface area contributed by atoms with Crippen LogP contribution >= 0.6 is 35.6 Å². The number of nitrogens with two attached hydrogens (primary N) is 1. The molecule has 0 atom stereocenters. The van der Waals surface area contributed by atoms with Crippen molar-refractivity contribution >= 4 is 46.3 Å². The molecule has 1 aliphatic carbocycles. The summed E-state index contributed by atoms with van der Waals surface area (Å²) in [7, 11) is 0. The average molecular weight is 315 g/mol. The smallest absolute Gasteiger partial charge is 0.106 e. The highest BCUT2D eigenvalue weighted by atomic mass is 35.5. The normalized spacial score (nSPS) is 17.4. The van der Waals surface area contributed by atoms with E-state index in [1.54, 1.807) is 0 Å². The minimum Gasteiger partial charge on any atom is -0.389 e. The van der Waals surface area contributed by atoms with Gasteiger partial charge in [0.1, 0.15) is 4.99 Å². The van der Waals surface area contributed by atoms with E-state index in [1.807, 2.05) is 30.0 Å². The number of benzene rings is 1. The van der Waals surface area contributed by atoms with E-state index >= 15 is 0 Å². The monoisotopic (exact) mass is 314 g/mol. The topological polar surface area (TPSA) is 38.0 Å². The van der Waals surface area contributed by atoms with Gasteiger partial charge in [0.15, 0.2) is 0 Å². The van der Waals surface area contributed by atoms with Gasteiger partial charge in [-0.3, -0.25) is 0 Å². The third kappa shape index (κ3) is 3.56. The molecule has 1 aromatic rings. The van der Waals surface area contributed by atoms with Crippen LogP contribution in [0.15, 0.2) is 18.2 Å². The van der Waals surface area contributed by atoms with Crippen molar-refractivity contribution in [2.24, 2.45) is 5.73 Å². The molecule has 0 radical (unpaired) electrons. The molecule has 1 saturated carbocycles. The predicted octanol–water partition coefficient (Wildman–Crippen LogP) is 4.06. The van der Waals surface area contributed by atoms with Gasteiger partial charge in [-0.15, -0.1) is 0 Å². The highest BCUT2D eigenvalue weighted by Crippen LogP contribution is 2.40. The second-order valence-electron chi connectivity index (χ2n) is 5.00. The van der Waals surface area contributed by atoms with Crippen LogP contribution < -0.4 is 11.1 Å². The second kappa shape index (κ2) is 6.33. The highest BCUT2D eigenvalue weighted by Gasteiger charge is 2.32. The first-order valence-corrected chi connectivity index (χ1v) is 8.46. The van der Waals surface area contributed by atoms with Gasteiger partial charge >= 0.3 is 0 Å². The fraction of sp³-hybridized carbons (Fsp3) is 0.500. The zero-order valence-corrected chi connectivity index (χ0v) is 13.4. The zero-order chi connectivity index (χ0) is 13.9. The van der Waals surface area contributed by atoms with Gasteiger partial charge in [-0.2, -0.15) is 11.8 Å². The van der Waals surface area contributed by atoms with Crippen molar-refractivity contribution in [2.75, 3.05) is 18.1 Å². The maximum atomic E-state index is 6.00. The summed E-state index contributed by atoms with van der Waals surface area (Å²) >= 11 is 13.0. The van der Waals surface area contributed by atoms with Crippen molar-refractivity contribution in [2.45, 2.75) is 30.4 Å². The van der Waals surface area contributed by atoms with Crippen LogP contribution in [0.5, 0.6) is 0 Å². The summed E-state index contributed by atoms with van der Waals surface area (Å²) in [6.07, 6.45) is 7.40. The summed E-state index contributed by atoms with van der Waals surface area (Å²) in [6.45, 7) is 0.950. The standard InChI is InChI=1S/C14H19ClN2S2/c1-19-14(6-2-3-7-14)9-17-12-5-4-10(15)8-11(12)13(16)18/h4-5,8,17H,2-3,6-7,9H2,1H3,(H2,16,18). The molecule has 104 valence electrons. The van der Waals surface area contributed by atoms with Crippen LogP contribution in [0.2, 0.25) is 5.02 Å². The van der Waals surface area contributed by atoms with E-state index in [0.717, 1.165) is 17.8 Å². The molecule has 0 amide bonds. The number of halogens is 1. The first-order valence-electron chi connectivity index (χ1n) is 6.45. The molecule has 5 heteroatoms. The van der Waals surface area contributed by atoms with Gasteiger partial charge in [-0.25, -0.2) is 0 Å². The molecule has 1 fully saturated rings. The van der Waals surface area contributed by atoms with E-state index < -0.39 is 0 Å². The Kier molecular flexibility index (Phi) is 4.98. The maximum absolute atomic E-state index is 6.00. The molecular formula is C14H19ClN2S2. The Bertz CT molecular complexity index is 471. The molecule has 1 aliphatic rings. The lowest BCUT2D eigenvalue weighted by atomic mass is 10.1. The molecule has 19 heavy (non-hydrogen) atoms. The van der Waals surface area contributed by atoms with Crippen LogP contribution in [0.3, 0.4) is 0 Å². The second-order valence-corrected chi connectivity index (χ2v) is 7.15. The minimum atomic E-state index is 0.354. The Labute approximate surface area is 129 Å². The van der Waals surface area contributed by atoms with Crippen LogP contribution in [0.4, 0.5) is 5.69 Å². The highest BCUT2D eigenvalue weighted by molar-refractivity contribution is 8.00. The summed E-state index contributed by atoms with van der Waals surface area (Å²) in [6, 6.07) is 5.65. The lowest BCUT2D eigenvalue weighted by molar-refractivity contribution is 0.640. The summed E-state index contributed by atoms with van der Waals surface area (Å²) in [5, 5.41) is 4.17. The van der Waals surface area contributed by atoms with Gasteiger partial charge in [0.2, 0.25) is 0 Å². The maximum Gasteiger partial charge on any atom is 0.106 e. The summed E-state index contributed by atoms with van der Waals surface area (Å²) < 4.78 is 0.354. The molecule has 0 bridgehead atoms. The lowest BCUT2D eigenvalue weighted by Gasteiger charge is -2.28. The van der Waals surface area contributed by atoms with Crippen LogP contribution in [0.25, 0.3) is 0 Å². The SMILES string of the molecule is CSC1(CNc2ccc(Cl)cc2C(N)=S)CCCC1. The summed E-state index contributed by atoms with van der Waals surface area (Å²) in [5.74, 6) is 0. The Morgan fingerprint density at radius 3 is 2.74 bits per heavy atom. The number of hydrogen-bond acceptors (Lipinski definition) is 3. The van der Waals surface area contributed by atoms with E-state index in [0.29, 0.717) is 14.8 Å². The van der Waals surface area contributed by atoms with E-state index in [4.69, 9.17) is 29.6 Å². The molecule has 2 nitrogen and oxygen atoms in total. The largest absolute Gasteiger partial charge is 0.389 e. The fourth-order valence-corrected chi connectivity index (χ4v) is 3.86. The van der Waals surface area contributed by atoms with Gasteiger partial charge in [0.05, 0.1) is 0 Å². The third-order valence-electron chi connectivity index (χ3n) is 3.80. The van der Waals surface area contributed by atoms with Crippen molar-refractivity contribution in [1.82, 2.24) is 0 Å². The quantitative estimate of drug-likeness (QED) is 0.804. The van der Waals surface area contributed by atoms with Crippen molar-refractivity contribution in [3.63, 3.8) is 0 Å². The Morgan fingerprint density at radius 2 is 2.16 bits per heavy atom. The number of nitrogens with one attached hydrogen (secondary N) is 1. The Balaban J connectivity index is 2.13. The molecule has 0 aliphatic heterocycles. The first kappa shape index (κ1) is 14.9. The van der Waals surface area contributed by atoms with Crippen LogP contribution in [0.1, 0.15) is 31.2 Å². The van der Waals surface area contributed by atoms with Gasteiger partial charge in [-0.05, 0) is 37.3 Å². The Hall–Kier alpha value is -0.450. The van der Waals surface area contributed by atoms with Crippen molar-refractivity contribution in [1.29, 1.82) is 0 Å². The van der Waals surface area contributed by atoms with Gasteiger partial charge in [0, 0.05) is 27.6 Å². The third-order valence-corrected chi connectivity index (χ3v) is 5.67. The van der Waals surface area contributed by atoms with Gasteiger partial charge in [0.25, 0.3) is 0 Å². The van der Waals surface area contributed by atoms with E-state index in [9.17, 15) is 0 Å². The molecule has 3 N–H and O–H groups in total. The minimum absolute atomic E-state index is 0.354. The predicted molar refractivity (Wildman–Crippen MR) is 90.5 cm³/mol. The number of rotatable bonds is 5. The zero-order valence-electron chi connectivity index (χ0n) is 11.0. The number of thioether (sulfide) groups is 1. The molecule has 0 saturated heterocycles. The first-order chi connectivity index (χ1) is 9.06. The molecule has 0 heterocycles. The lowest BCUT2D eigenvalue weighted by Crippen LogP contribution is -2.30. The van der Waals surface area contributed by atoms with Crippen LogP contribution in [-0.4, -0.2) is 22.5 Å². The summed E-state index contributed by atoms with van der Waals surface area (Å²) in [4.78, 5) is 0.384. The van der Waals surface area contributed by atoms with Crippen molar-refractivity contribution in [3.05, 3.63) is 28.8 Å². The number of anilines is 1. The van der Waals surface area contributed by atoms with Gasteiger partial charge < -0.3 is 11.1 Å². The number of thiocarbonyl (C=S) groups is 1. The summed E-state index contributed by atoms with van der Waals surface area (Å²) in [5.41, 5.74) is 7.57. The van der Waals surface area contributed by atoms with E-state index in [1.165, 1.54) is 25.7 Å². The fourth-order valence-electron chi connectivity index (χ4n) is 2.60. The van der Waals surface area contributed by atoms with Crippen molar-refractivity contribution in [3.8, 4) is 0 Å². The van der Waals surface area contributed by atoms with E-state index in [2.05, 4.69) is 11.6 Å². The molecular weight excluding hydrogens is 296 g/mol. The van der Waals surface area contributed by atoms with Crippen molar-refractivity contribution < 1.29 is 0 Å². The molecule has 0 unspecified atom stereocenters. The van der Waals surface area contributed by atoms with Crippen LogP contribution in [-0.2, 0) is 0 Å². The molecule has 0 spiro atoms. The molecule has 2 rings (SSSR count). The van der Waals surface area contributed by atoms with Gasteiger partial charge in [-0.1, -0.05) is 36.7 Å². The molecule has 0 aromatic heterocycles.